The van der Waals surface area contributed by atoms with Crippen LogP contribution >= 0.6 is 0 Å². The van der Waals surface area contributed by atoms with Gasteiger partial charge in [-0.05, 0) is 49.2 Å². The number of rotatable bonds is 8. The van der Waals surface area contributed by atoms with E-state index in [0.29, 0.717) is 35.4 Å². The molecule has 0 aliphatic rings. The molecule has 2 amide bonds. The SMILES string of the molecule is CC/C(=N\NC(=O)c1ccc(C(=O)N/N=C(\CC)c2ccccc2O)o1)c1ccccc1O. The number of carbonyl (C=O) groups is 2. The van der Waals surface area contributed by atoms with E-state index < -0.39 is 11.8 Å². The highest BCUT2D eigenvalue weighted by molar-refractivity contribution is 6.04. The lowest BCUT2D eigenvalue weighted by Gasteiger charge is -2.07. The Hall–Kier alpha value is -4.40. The van der Waals surface area contributed by atoms with Crippen molar-refractivity contribution in [2.75, 3.05) is 0 Å². The van der Waals surface area contributed by atoms with Crippen LogP contribution in [-0.4, -0.2) is 33.5 Å². The smallest absolute Gasteiger partial charge is 0.307 e. The number of nitrogens with one attached hydrogen (secondary N) is 2. The van der Waals surface area contributed by atoms with Gasteiger partial charge in [0.2, 0.25) is 0 Å². The summed E-state index contributed by atoms with van der Waals surface area (Å²) in [6, 6.07) is 16.0. The zero-order valence-electron chi connectivity index (χ0n) is 18.2. The maximum Gasteiger partial charge on any atom is 0.307 e. The number of furan rings is 1. The molecule has 1 heterocycles. The standard InChI is InChI=1S/C24H24N4O5/c1-3-17(15-9-5-7-11-19(15)29)25-27-23(31)21-13-14-22(33-21)24(32)28-26-18(4-2)16-10-6-8-12-20(16)30/h5-14,29-30H,3-4H2,1-2H3,(H,27,31)(H,28,32)/b25-17+,26-18+. The number of benzene rings is 2. The largest absolute Gasteiger partial charge is 0.507 e. The van der Waals surface area contributed by atoms with Crippen LogP contribution in [0.1, 0.15) is 58.9 Å². The monoisotopic (exact) mass is 448 g/mol. The average molecular weight is 448 g/mol. The van der Waals surface area contributed by atoms with Crippen molar-refractivity contribution >= 4 is 23.2 Å². The Labute approximate surface area is 190 Å². The molecule has 3 rings (SSSR count). The number of aromatic hydroxyl groups is 2. The molecule has 9 heteroatoms. The summed E-state index contributed by atoms with van der Waals surface area (Å²) in [7, 11) is 0. The van der Waals surface area contributed by atoms with E-state index in [4.69, 9.17) is 4.42 Å². The molecule has 0 saturated heterocycles. The van der Waals surface area contributed by atoms with Gasteiger partial charge in [-0.1, -0.05) is 38.1 Å². The van der Waals surface area contributed by atoms with E-state index in [2.05, 4.69) is 21.1 Å². The molecule has 0 fully saturated rings. The van der Waals surface area contributed by atoms with Gasteiger partial charge in [0.15, 0.2) is 11.5 Å². The average Bonchev–Trinajstić information content (AvgIpc) is 3.32. The van der Waals surface area contributed by atoms with Gasteiger partial charge in [0.25, 0.3) is 0 Å². The quantitative estimate of drug-likeness (QED) is 0.307. The minimum atomic E-state index is -0.651. The van der Waals surface area contributed by atoms with Crippen molar-refractivity contribution in [3.05, 3.63) is 83.3 Å². The summed E-state index contributed by atoms with van der Waals surface area (Å²) in [6.45, 7) is 3.68. The van der Waals surface area contributed by atoms with Gasteiger partial charge in [0.1, 0.15) is 11.5 Å². The number of phenols is 2. The lowest BCUT2D eigenvalue weighted by Crippen LogP contribution is -2.21. The Bertz CT molecular complexity index is 1120. The summed E-state index contributed by atoms with van der Waals surface area (Å²) in [4.78, 5) is 24.8. The summed E-state index contributed by atoms with van der Waals surface area (Å²) in [6.07, 6.45) is 0.941. The second-order valence-electron chi connectivity index (χ2n) is 6.90. The van der Waals surface area contributed by atoms with Gasteiger partial charge >= 0.3 is 11.8 Å². The number of hydrazone groups is 2. The normalized spacial score (nSPS) is 11.8. The Balaban J connectivity index is 1.68. The van der Waals surface area contributed by atoms with Crippen molar-refractivity contribution in [1.29, 1.82) is 0 Å². The van der Waals surface area contributed by atoms with E-state index in [1.54, 1.807) is 36.4 Å². The second-order valence-corrected chi connectivity index (χ2v) is 6.90. The van der Waals surface area contributed by atoms with Gasteiger partial charge in [0, 0.05) is 11.1 Å². The lowest BCUT2D eigenvalue weighted by molar-refractivity contribution is 0.0902. The van der Waals surface area contributed by atoms with Crippen LogP contribution in [0.3, 0.4) is 0 Å². The molecule has 0 radical (unpaired) electrons. The third kappa shape index (κ3) is 5.65. The zero-order valence-corrected chi connectivity index (χ0v) is 18.2. The first-order chi connectivity index (χ1) is 15.9. The molecule has 1 aromatic heterocycles. The number of carbonyl (C=O) groups excluding carboxylic acids is 2. The van der Waals surface area contributed by atoms with Crippen LogP contribution in [0.5, 0.6) is 11.5 Å². The van der Waals surface area contributed by atoms with E-state index in [0.717, 1.165) is 0 Å². The minimum Gasteiger partial charge on any atom is -0.507 e. The van der Waals surface area contributed by atoms with Crippen LogP contribution in [0, 0.1) is 0 Å². The molecule has 3 aromatic rings. The van der Waals surface area contributed by atoms with Gasteiger partial charge in [-0.3, -0.25) is 9.59 Å². The van der Waals surface area contributed by atoms with Crippen molar-refractivity contribution < 1.29 is 24.2 Å². The predicted molar refractivity (Wildman–Crippen MR) is 124 cm³/mol. The molecular weight excluding hydrogens is 424 g/mol. The fourth-order valence-corrected chi connectivity index (χ4v) is 3.02. The van der Waals surface area contributed by atoms with E-state index in [-0.39, 0.29) is 23.0 Å². The molecule has 170 valence electrons. The van der Waals surface area contributed by atoms with Gasteiger partial charge in [-0.15, -0.1) is 0 Å². The number of amides is 2. The summed E-state index contributed by atoms with van der Waals surface area (Å²) < 4.78 is 5.34. The molecule has 0 aliphatic heterocycles. The molecule has 4 N–H and O–H groups in total. The van der Waals surface area contributed by atoms with Crippen molar-refractivity contribution in [2.45, 2.75) is 26.7 Å². The fourth-order valence-electron chi connectivity index (χ4n) is 3.02. The summed E-state index contributed by atoms with van der Waals surface area (Å²) in [5, 5.41) is 28.1. The maximum absolute atomic E-state index is 12.4. The van der Waals surface area contributed by atoms with Crippen molar-refractivity contribution in [1.82, 2.24) is 10.9 Å². The minimum absolute atomic E-state index is 0.0557. The Morgan fingerprint density at radius 2 is 1.12 bits per heavy atom. The van der Waals surface area contributed by atoms with E-state index in [1.807, 2.05) is 13.8 Å². The van der Waals surface area contributed by atoms with Crippen LogP contribution in [0.15, 0.2) is 75.3 Å². The molecular formula is C24H24N4O5. The number of hydrogen-bond acceptors (Lipinski definition) is 7. The highest BCUT2D eigenvalue weighted by Crippen LogP contribution is 2.19. The van der Waals surface area contributed by atoms with Crippen LogP contribution in [0.4, 0.5) is 0 Å². The van der Waals surface area contributed by atoms with Crippen LogP contribution in [-0.2, 0) is 0 Å². The Morgan fingerprint density at radius 3 is 1.48 bits per heavy atom. The van der Waals surface area contributed by atoms with Crippen molar-refractivity contribution in [3.63, 3.8) is 0 Å². The van der Waals surface area contributed by atoms with E-state index >= 15 is 0 Å². The molecule has 0 unspecified atom stereocenters. The molecule has 0 atom stereocenters. The van der Waals surface area contributed by atoms with E-state index in [9.17, 15) is 19.8 Å². The van der Waals surface area contributed by atoms with Crippen molar-refractivity contribution in [2.24, 2.45) is 10.2 Å². The molecule has 9 nitrogen and oxygen atoms in total. The van der Waals surface area contributed by atoms with Gasteiger partial charge in [-0.2, -0.15) is 10.2 Å². The predicted octanol–water partition coefficient (Wildman–Crippen LogP) is 3.78. The van der Waals surface area contributed by atoms with Crippen molar-refractivity contribution in [3.8, 4) is 11.5 Å². The fraction of sp³-hybridized carbons (Fsp3) is 0.167. The molecule has 0 saturated carbocycles. The number of para-hydroxylation sites is 2. The Kier molecular flexibility index (Phi) is 7.59. The van der Waals surface area contributed by atoms with Crippen LogP contribution in [0.25, 0.3) is 0 Å². The maximum atomic E-state index is 12.4. The molecule has 2 aromatic carbocycles. The van der Waals surface area contributed by atoms with Gasteiger partial charge in [-0.25, -0.2) is 10.9 Å². The third-order valence-corrected chi connectivity index (χ3v) is 4.74. The Morgan fingerprint density at radius 1 is 0.727 bits per heavy atom. The third-order valence-electron chi connectivity index (χ3n) is 4.74. The topological polar surface area (TPSA) is 137 Å². The van der Waals surface area contributed by atoms with Crippen LogP contribution < -0.4 is 10.9 Å². The van der Waals surface area contributed by atoms with Crippen LogP contribution in [0.2, 0.25) is 0 Å². The number of phenolic OH excluding ortho intramolecular Hbond substituents is 2. The highest BCUT2D eigenvalue weighted by Gasteiger charge is 2.17. The molecule has 0 aliphatic carbocycles. The second kappa shape index (κ2) is 10.8. The zero-order chi connectivity index (χ0) is 23.8. The summed E-state index contributed by atoms with van der Waals surface area (Å²) >= 11 is 0. The van der Waals surface area contributed by atoms with Gasteiger partial charge < -0.3 is 14.6 Å². The summed E-state index contributed by atoms with van der Waals surface area (Å²) in [5.41, 5.74) is 6.73. The summed E-state index contributed by atoms with van der Waals surface area (Å²) in [5.74, 6) is -1.42. The molecule has 0 bridgehead atoms. The molecule has 0 spiro atoms. The first-order valence-electron chi connectivity index (χ1n) is 10.3. The van der Waals surface area contributed by atoms with E-state index in [1.165, 1.54) is 24.3 Å². The first-order valence-corrected chi connectivity index (χ1v) is 10.3. The lowest BCUT2D eigenvalue weighted by atomic mass is 10.1. The molecule has 33 heavy (non-hydrogen) atoms. The van der Waals surface area contributed by atoms with Gasteiger partial charge in [0.05, 0.1) is 11.4 Å². The number of nitrogens with zero attached hydrogens (tertiary/aromatic N) is 2. The highest BCUT2D eigenvalue weighted by atomic mass is 16.4. The number of hydrogen-bond donors (Lipinski definition) is 4. The first kappa shape index (κ1) is 23.3.